The standard InChI is InChI=1S/C17H27N3O4/c1-11(9-15-12(2)18-19(4)13(15)3)17(23)20(10-16(21)22)14-5-7-24-8-6-14/h11,14H,5-10H2,1-4H3,(H,21,22)/t11-/m0/s1. The van der Waals surface area contributed by atoms with E-state index in [4.69, 9.17) is 4.74 Å². The summed E-state index contributed by atoms with van der Waals surface area (Å²) in [4.78, 5) is 25.6. The highest BCUT2D eigenvalue weighted by molar-refractivity contribution is 5.83. The Morgan fingerprint density at radius 2 is 2.00 bits per heavy atom. The maximum atomic E-state index is 12.9. The van der Waals surface area contributed by atoms with Crippen LogP contribution in [0.2, 0.25) is 0 Å². The number of rotatable bonds is 6. The molecule has 1 saturated heterocycles. The van der Waals surface area contributed by atoms with Crippen molar-refractivity contribution in [1.29, 1.82) is 0 Å². The van der Waals surface area contributed by atoms with Crippen molar-refractivity contribution >= 4 is 11.9 Å². The molecular weight excluding hydrogens is 310 g/mol. The van der Waals surface area contributed by atoms with Crippen LogP contribution in [0.4, 0.5) is 0 Å². The summed E-state index contributed by atoms with van der Waals surface area (Å²) in [6.45, 7) is 6.68. The first-order valence-corrected chi connectivity index (χ1v) is 8.40. The first-order valence-electron chi connectivity index (χ1n) is 8.40. The smallest absolute Gasteiger partial charge is 0.323 e. The van der Waals surface area contributed by atoms with Gasteiger partial charge in [0.05, 0.1) is 5.69 Å². The lowest BCUT2D eigenvalue weighted by molar-refractivity contribution is -0.149. The van der Waals surface area contributed by atoms with Crippen molar-refractivity contribution in [3.05, 3.63) is 17.0 Å². The SMILES string of the molecule is Cc1nn(C)c(C)c1C[C@H](C)C(=O)N(CC(=O)O)C1CCOCC1. The van der Waals surface area contributed by atoms with E-state index in [2.05, 4.69) is 5.10 Å². The molecule has 1 aliphatic heterocycles. The molecule has 1 N–H and O–H groups in total. The summed E-state index contributed by atoms with van der Waals surface area (Å²) in [6.07, 6.45) is 1.96. The molecule has 1 amide bonds. The zero-order chi connectivity index (χ0) is 17.9. The molecule has 1 aliphatic rings. The van der Waals surface area contributed by atoms with Crippen molar-refractivity contribution in [2.75, 3.05) is 19.8 Å². The van der Waals surface area contributed by atoms with Gasteiger partial charge in [-0.1, -0.05) is 6.92 Å². The molecule has 24 heavy (non-hydrogen) atoms. The van der Waals surface area contributed by atoms with Gasteiger partial charge in [-0.05, 0) is 38.7 Å². The van der Waals surface area contributed by atoms with Gasteiger partial charge in [-0.15, -0.1) is 0 Å². The van der Waals surface area contributed by atoms with Crippen molar-refractivity contribution in [1.82, 2.24) is 14.7 Å². The summed E-state index contributed by atoms with van der Waals surface area (Å²) in [6, 6.07) is -0.0547. The largest absolute Gasteiger partial charge is 0.480 e. The van der Waals surface area contributed by atoms with Crippen LogP contribution in [-0.2, 0) is 27.8 Å². The molecule has 2 heterocycles. The molecule has 0 unspecified atom stereocenters. The first kappa shape index (κ1) is 18.4. The van der Waals surface area contributed by atoms with Gasteiger partial charge in [0.25, 0.3) is 0 Å². The van der Waals surface area contributed by atoms with Crippen LogP contribution in [0.1, 0.15) is 36.7 Å². The van der Waals surface area contributed by atoms with Gasteiger partial charge in [0.1, 0.15) is 6.54 Å². The molecule has 7 heteroatoms. The topological polar surface area (TPSA) is 84.7 Å². The van der Waals surface area contributed by atoms with Gasteiger partial charge in [-0.25, -0.2) is 0 Å². The molecule has 0 saturated carbocycles. The first-order chi connectivity index (χ1) is 11.3. The third-order valence-electron chi connectivity index (χ3n) is 4.81. The van der Waals surface area contributed by atoms with Crippen LogP contribution in [-0.4, -0.2) is 57.5 Å². The Morgan fingerprint density at radius 3 is 2.50 bits per heavy atom. The maximum absolute atomic E-state index is 12.9. The number of aromatic nitrogens is 2. The molecule has 0 bridgehead atoms. The van der Waals surface area contributed by atoms with Crippen LogP contribution in [0.25, 0.3) is 0 Å². The Bertz CT molecular complexity index is 605. The number of carbonyl (C=O) groups is 2. The van der Waals surface area contributed by atoms with E-state index in [9.17, 15) is 14.7 Å². The molecule has 2 rings (SSSR count). The van der Waals surface area contributed by atoms with Crippen LogP contribution < -0.4 is 0 Å². The number of carboxylic acid groups (broad SMARTS) is 1. The van der Waals surface area contributed by atoms with Crippen LogP contribution >= 0.6 is 0 Å². The summed E-state index contributed by atoms with van der Waals surface area (Å²) in [5, 5.41) is 13.6. The second-order valence-electron chi connectivity index (χ2n) is 6.58. The number of ether oxygens (including phenoxy) is 1. The second kappa shape index (κ2) is 7.79. The minimum atomic E-state index is -0.976. The van der Waals surface area contributed by atoms with Gasteiger partial charge in [-0.2, -0.15) is 5.10 Å². The van der Waals surface area contributed by atoms with Crippen LogP contribution in [0.15, 0.2) is 0 Å². The lowest BCUT2D eigenvalue weighted by Crippen LogP contribution is -2.48. The number of carbonyl (C=O) groups excluding carboxylic acids is 1. The van der Waals surface area contributed by atoms with Crippen LogP contribution in [0.5, 0.6) is 0 Å². The highest BCUT2D eigenvalue weighted by atomic mass is 16.5. The molecule has 1 atom stereocenters. The molecule has 134 valence electrons. The molecule has 1 aromatic heterocycles. The van der Waals surface area contributed by atoms with E-state index >= 15 is 0 Å². The number of amides is 1. The molecule has 0 aromatic carbocycles. The molecule has 1 fully saturated rings. The van der Waals surface area contributed by atoms with Gasteiger partial charge in [0, 0.05) is 37.9 Å². The Labute approximate surface area is 142 Å². The fraction of sp³-hybridized carbons (Fsp3) is 0.706. The average Bonchev–Trinajstić information content (AvgIpc) is 2.79. The monoisotopic (exact) mass is 337 g/mol. The molecule has 0 spiro atoms. The van der Waals surface area contributed by atoms with E-state index < -0.39 is 5.97 Å². The summed E-state index contributed by atoms with van der Waals surface area (Å²) in [5.41, 5.74) is 3.04. The predicted molar refractivity (Wildman–Crippen MR) is 88.7 cm³/mol. The molecule has 7 nitrogen and oxygen atoms in total. The number of aryl methyl sites for hydroxylation is 2. The minimum Gasteiger partial charge on any atom is -0.480 e. The number of carboxylic acids is 1. The molecule has 0 aliphatic carbocycles. The summed E-state index contributed by atoms with van der Waals surface area (Å²) >= 11 is 0. The Morgan fingerprint density at radius 1 is 1.38 bits per heavy atom. The third kappa shape index (κ3) is 4.14. The van der Waals surface area contributed by atoms with Crippen molar-refractivity contribution in [2.24, 2.45) is 13.0 Å². The third-order valence-corrected chi connectivity index (χ3v) is 4.81. The molecule has 0 radical (unpaired) electrons. The van der Waals surface area contributed by atoms with E-state index in [1.807, 2.05) is 32.5 Å². The van der Waals surface area contributed by atoms with Gasteiger partial charge in [0.15, 0.2) is 0 Å². The number of aliphatic carboxylic acids is 1. The molecular formula is C17H27N3O4. The zero-order valence-electron chi connectivity index (χ0n) is 14.9. The fourth-order valence-electron chi connectivity index (χ4n) is 3.32. The average molecular weight is 337 g/mol. The van der Waals surface area contributed by atoms with E-state index in [0.717, 1.165) is 17.0 Å². The summed E-state index contributed by atoms with van der Waals surface area (Å²) in [7, 11) is 1.89. The normalized spacial score (nSPS) is 16.8. The van der Waals surface area contributed by atoms with Gasteiger partial charge in [-0.3, -0.25) is 14.3 Å². The summed E-state index contributed by atoms with van der Waals surface area (Å²) in [5.74, 6) is -1.36. The fourth-order valence-corrected chi connectivity index (χ4v) is 3.32. The van der Waals surface area contributed by atoms with Crippen LogP contribution in [0, 0.1) is 19.8 Å². The van der Waals surface area contributed by atoms with Crippen molar-refractivity contribution in [3.63, 3.8) is 0 Å². The van der Waals surface area contributed by atoms with Gasteiger partial charge in [0.2, 0.25) is 5.91 Å². The minimum absolute atomic E-state index is 0.0547. The quantitative estimate of drug-likeness (QED) is 0.846. The number of hydrogen-bond acceptors (Lipinski definition) is 4. The van der Waals surface area contributed by atoms with E-state index in [1.165, 1.54) is 4.90 Å². The van der Waals surface area contributed by atoms with Gasteiger partial charge >= 0.3 is 5.97 Å². The Kier molecular flexibility index (Phi) is 5.99. The lowest BCUT2D eigenvalue weighted by Gasteiger charge is -2.35. The molecule has 1 aromatic rings. The van der Waals surface area contributed by atoms with Gasteiger partial charge < -0.3 is 14.7 Å². The van der Waals surface area contributed by atoms with E-state index in [-0.39, 0.29) is 24.4 Å². The number of nitrogens with zero attached hydrogens (tertiary/aromatic N) is 3. The van der Waals surface area contributed by atoms with E-state index in [0.29, 0.717) is 32.5 Å². The van der Waals surface area contributed by atoms with Crippen molar-refractivity contribution in [2.45, 2.75) is 46.1 Å². The predicted octanol–water partition coefficient (Wildman–Crippen LogP) is 1.31. The maximum Gasteiger partial charge on any atom is 0.323 e. The second-order valence-corrected chi connectivity index (χ2v) is 6.58. The Balaban J connectivity index is 2.13. The lowest BCUT2D eigenvalue weighted by atomic mass is 9.96. The highest BCUT2D eigenvalue weighted by Crippen LogP contribution is 2.21. The summed E-state index contributed by atoms with van der Waals surface area (Å²) < 4.78 is 7.14. The van der Waals surface area contributed by atoms with Crippen LogP contribution in [0.3, 0.4) is 0 Å². The Hall–Kier alpha value is -1.89. The van der Waals surface area contributed by atoms with E-state index in [1.54, 1.807) is 0 Å². The zero-order valence-corrected chi connectivity index (χ0v) is 14.9. The number of hydrogen-bond donors (Lipinski definition) is 1. The van der Waals surface area contributed by atoms with Crippen molar-refractivity contribution < 1.29 is 19.4 Å². The van der Waals surface area contributed by atoms with Crippen molar-refractivity contribution in [3.8, 4) is 0 Å². The highest BCUT2D eigenvalue weighted by Gasteiger charge is 2.31.